The molecule has 1 aromatic carbocycles. The monoisotopic (exact) mass is 236 g/mol. The van der Waals surface area contributed by atoms with Gasteiger partial charge in [0.25, 0.3) is 5.69 Å². The molecule has 17 heavy (non-hydrogen) atoms. The van der Waals surface area contributed by atoms with E-state index in [4.69, 9.17) is 4.74 Å². The average molecular weight is 236 g/mol. The molecule has 0 saturated heterocycles. The van der Waals surface area contributed by atoms with E-state index < -0.39 is 4.92 Å². The number of nitro groups is 1. The number of ether oxygens (including phenoxy) is 1. The van der Waals surface area contributed by atoms with Crippen LogP contribution in [-0.4, -0.2) is 24.0 Å². The predicted molar refractivity (Wildman–Crippen MR) is 61.0 cm³/mol. The standard InChI is InChI=1S/C11H12N2O4/c1-7(14)17-6-8-5-12-9-3-2-4-10(11(8)9)13(15)16/h2-4,8,12H,5-6H2,1H3. The van der Waals surface area contributed by atoms with Crippen molar-refractivity contribution >= 4 is 17.3 Å². The van der Waals surface area contributed by atoms with Crippen molar-refractivity contribution in [2.45, 2.75) is 12.8 Å². The van der Waals surface area contributed by atoms with Crippen molar-refractivity contribution in [3.05, 3.63) is 33.9 Å². The van der Waals surface area contributed by atoms with E-state index in [0.29, 0.717) is 12.1 Å². The maximum atomic E-state index is 10.9. The molecule has 0 aliphatic carbocycles. The van der Waals surface area contributed by atoms with Crippen molar-refractivity contribution < 1.29 is 14.5 Å². The summed E-state index contributed by atoms with van der Waals surface area (Å²) >= 11 is 0. The van der Waals surface area contributed by atoms with Gasteiger partial charge in [-0.15, -0.1) is 0 Å². The number of carbonyl (C=O) groups is 1. The third-order valence-electron chi connectivity index (χ3n) is 2.71. The van der Waals surface area contributed by atoms with E-state index in [1.54, 1.807) is 12.1 Å². The molecule has 0 aromatic heterocycles. The smallest absolute Gasteiger partial charge is 0.302 e. The van der Waals surface area contributed by atoms with E-state index in [2.05, 4.69) is 5.32 Å². The average Bonchev–Trinajstić information content (AvgIpc) is 2.69. The number of carbonyl (C=O) groups excluding carboxylic acids is 1. The molecule has 90 valence electrons. The van der Waals surface area contributed by atoms with Crippen LogP contribution in [0.5, 0.6) is 0 Å². The SMILES string of the molecule is CC(=O)OCC1CNc2cccc([N+](=O)[O-])c21. The molecule has 6 heteroatoms. The van der Waals surface area contributed by atoms with Gasteiger partial charge in [-0.25, -0.2) is 0 Å². The minimum Gasteiger partial charge on any atom is -0.465 e. The molecule has 1 heterocycles. The minimum absolute atomic E-state index is 0.0738. The Kier molecular flexibility index (Phi) is 2.95. The number of nitro benzene ring substituents is 1. The first-order valence-corrected chi connectivity index (χ1v) is 5.24. The molecular weight excluding hydrogens is 224 g/mol. The number of esters is 1. The highest BCUT2D eigenvalue weighted by atomic mass is 16.6. The molecule has 0 amide bonds. The van der Waals surface area contributed by atoms with Crippen molar-refractivity contribution in [2.24, 2.45) is 0 Å². The first-order chi connectivity index (χ1) is 8.09. The van der Waals surface area contributed by atoms with Gasteiger partial charge in [0.2, 0.25) is 0 Å². The zero-order chi connectivity index (χ0) is 12.4. The van der Waals surface area contributed by atoms with Gasteiger partial charge in [0.15, 0.2) is 0 Å². The topological polar surface area (TPSA) is 81.5 Å². The van der Waals surface area contributed by atoms with E-state index in [9.17, 15) is 14.9 Å². The number of hydrogen-bond acceptors (Lipinski definition) is 5. The molecule has 2 rings (SSSR count). The van der Waals surface area contributed by atoms with Gasteiger partial charge in [0, 0.05) is 31.1 Å². The molecule has 1 aromatic rings. The van der Waals surface area contributed by atoms with Crippen LogP contribution in [0.3, 0.4) is 0 Å². The number of hydrogen-bond donors (Lipinski definition) is 1. The van der Waals surface area contributed by atoms with Crippen LogP contribution in [0.2, 0.25) is 0 Å². The summed E-state index contributed by atoms with van der Waals surface area (Å²) in [7, 11) is 0. The van der Waals surface area contributed by atoms with Gasteiger partial charge in [-0.1, -0.05) is 6.07 Å². The molecule has 1 aliphatic rings. The Bertz CT molecular complexity index is 473. The van der Waals surface area contributed by atoms with E-state index in [0.717, 1.165) is 5.69 Å². The summed E-state index contributed by atoms with van der Waals surface area (Å²) in [5.41, 5.74) is 1.44. The molecule has 1 aliphatic heterocycles. The number of rotatable bonds is 3. The Balaban J connectivity index is 2.28. The third-order valence-corrected chi connectivity index (χ3v) is 2.71. The lowest BCUT2D eigenvalue weighted by Gasteiger charge is -2.09. The maximum absolute atomic E-state index is 10.9. The molecule has 0 bridgehead atoms. The first kappa shape index (κ1) is 11.4. The summed E-state index contributed by atoms with van der Waals surface area (Å²) in [6.07, 6.45) is 0. The van der Waals surface area contributed by atoms with Gasteiger partial charge >= 0.3 is 5.97 Å². The molecule has 6 nitrogen and oxygen atoms in total. The first-order valence-electron chi connectivity index (χ1n) is 5.24. The van der Waals surface area contributed by atoms with Gasteiger partial charge in [-0.3, -0.25) is 14.9 Å². The highest BCUT2D eigenvalue weighted by Crippen LogP contribution is 2.38. The van der Waals surface area contributed by atoms with E-state index >= 15 is 0 Å². The van der Waals surface area contributed by atoms with E-state index in [1.807, 2.05) is 0 Å². The third kappa shape index (κ3) is 2.20. The Morgan fingerprint density at radius 2 is 2.41 bits per heavy atom. The van der Waals surface area contributed by atoms with Gasteiger partial charge < -0.3 is 10.1 Å². The molecule has 1 N–H and O–H groups in total. The second-order valence-electron chi connectivity index (χ2n) is 3.88. The lowest BCUT2D eigenvalue weighted by Crippen LogP contribution is -2.13. The van der Waals surface area contributed by atoms with Crippen molar-refractivity contribution in [3.63, 3.8) is 0 Å². The van der Waals surface area contributed by atoms with E-state index in [1.165, 1.54) is 13.0 Å². The van der Waals surface area contributed by atoms with Crippen LogP contribution in [0.4, 0.5) is 11.4 Å². The molecule has 0 fully saturated rings. The Morgan fingerprint density at radius 1 is 1.65 bits per heavy atom. The van der Waals surface area contributed by atoms with Crippen molar-refractivity contribution in [2.75, 3.05) is 18.5 Å². The van der Waals surface area contributed by atoms with Gasteiger partial charge in [0.05, 0.1) is 10.5 Å². The van der Waals surface area contributed by atoms with Gasteiger partial charge in [0.1, 0.15) is 6.61 Å². The van der Waals surface area contributed by atoms with Crippen LogP contribution in [-0.2, 0) is 9.53 Å². The number of nitrogens with zero attached hydrogens (tertiary/aromatic N) is 1. The number of nitrogens with one attached hydrogen (secondary N) is 1. The molecule has 1 unspecified atom stereocenters. The minimum atomic E-state index is -0.410. The largest absolute Gasteiger partial charge is 0.465 e. The Hall–Kier alpha value is -2.11. The predicted octanol–water partition coefficient (Wildman–Crippen LogP) is 1.67. The molecule has 1 atom stereocenters. The van der Waals surface area contributed by atoms with Gasteiger partial charge in [-0.05, 0) is 6.07 Å². The van der Waals surface area contributed by atoms with Crippen LogP contribution in [0.25, 0.3) is 0 Å². The molecule has 0 spiro atoms. The van der Waals surface area contributed by atoms with Crippen LogP contribution >= 0.6 is 0 Å². The Morgan fingerprint density at radius 3 is 3.06 bits per heavy atom. The van der Waals surface area contributed by atoms with Crippen LogP contribution in [0.1, 0.15) is 18.4 Å². The lowest BCUT2D eigenvalue weighted by atomic mass is 10.0. The molecule has 0 radical (unpaired) electrons. The highest BCUT2D eigenvalue weighted by Gasteiger charge is 2.30. The lowest BCUT2D eigenvalue weighted by molar-refractivity contribution is -0.385. The second-order valence-corrected chi connectivity index (χ2v) is 3.88. The van der Waals surface area contributed by atoms with Crippen molar-refractivity contribution in [3.8, 4) is 0 Å². The fraction of sp³-hybridized carbons (Fsp3) is 0.364. The Labute approximate surface area is 97.7 Å². The summed E-state index contributed by atoms with van der Waals surface area (Å²) in [6, 6.07) is 4.89. The molecular formula is C11H12N2O4. The van der Waals surface area contributed by atoms with E-state index in [-0.39, 0.29) is 24.2 Å². The summed E-state index contributed by atoms with van der Waals surface area (Å²) < 4.78 is 4.92. The zero-order valence-electron chi connectivity index (χ0n) is 9.30. The normalized spacial score (nSPS) is 17.1. The van der Waals surface area contributed by atoms with Crippen LogP contribution in [0, 0.1) is 10.1 Å². The van der Waals surface area contributed by atoms with Crippen molar-refractivity contribution in [1.82, 2.24) is 0 Å². The maximum Gasteiger partial charge on any atom is 0.302 e. The van der Waals surface area contributed by atoms with Crippen LogP contribution < -0.4 is 5.32 Å². The summed E-state index contributed by atoms with van der Waals surface area (Å²) in [5.74, 6) is -0.535. The fourth-order valence-electron chi connectivity index (χ4n) is 1.99. The zero-order valence-corrected chi connectivity index (χ0v) is 9.30. The van der Waals surface area contributed by atoms with Gasteiger partial charge in [-0.2, -0.15) is 0 Å². The summed E-state index contributed by atoms with van der Waals surface area (Å²) in [6.45, 7) is 2.04. The summed E-state index contributed by atoms with van der Waals surface area (Å²) in [4.78, 5) is 21.3. The molecule has 0 saturated carbocycles. The number of anilines is 1. The number of fused-ring (bicyclic) bond motifs is 1. The summed E-state index contributed by atoms with van der Waals surface area (Å²) in [5, 5.41) is 14.0. The van der Waals surface area contributed by atoms with Crippen LogP contribution in [0.15, 0.2) is 18.2 Å². The fourth-order valence-corrected chi connectivity index (χ4v) is 1.99. The highest BCUT2D eigenvalue weighted by molar-refractivity contribution is 5.68. The van der Waals surface area contributed by atoms with Crippen molar-refractivity contribution in [1.29, 1.82) is 0 Å². The quantitative estimate of drug-likeness (QED) is 0.490. The second kappa shape index (κ2) is 4.40. The number of benzene rings is 1.